The van der Waals surface area contributed by atoms with E-state index in [1.54, 1.807) is 12.1 Å². The van der Waals surface area contributed by atoms with Crippen LogP contribution in [0.3, 0.4) is 0 Å². The first-order chi connectivity index (χ1) is 13.2. The molecule has 0 aliphatic heterocycles. The number of H-pyrrole nitrogens is 2. The van der Waals surface area contributed by atoms with E-state index in [0.717, 1.165) is 78.4 Å². The van der Waals surface area contributed by atoms with Crippen LogP contribution in [0.1, 0.15) is 71.1 Å². The molecule has 3 aromatic rings. The lowest BCUT2D eigenvalue weighted by Gasteiger charge is -2.23. The lowest BCUT2D eigenvalue weighted by atomic mass is 9.91. The molecule has 2 aliphatic rings. The van der Waals surface area contributed by atoms with E-state index in [2.05, 4.69) is 20.5 Å². The first kappa shape index (κ1) is 16.5. The number of halogens is 1. The minimum Gasteiger partial charge on any atom is -0.356 e. The summed E-state index contributed by atoms with van der Waals surface area (Å²) in [6, 6.07) is 4.74. The summed E-state index contributed by atoms with van der Waals surface area (Å²) < 4.78 is 13.7. The van der Waals surface area contributed by atoms with E-state index < -0.39 is 0 Å². The van der Waals surface area contributed by atoms with Gasteiger partial charge < -0.3 is 10.3 Å². The van der Waals surface area contributed by atoms with Crippen molar-refractivity contribution in [2.75, 3.05) is 0 Å². The average Bonchev–Trinajstić information content (AvgIpc) is 3.16. The molecule has 2 heterocycles. The second-order valence-electron chi connectivity index (χ2n) is 7.72. The van der Waals surface area contributed by atoms with Gasteiger partial charge in [0.1, 0.15) is 5.82 Å². The Morgan fingerprint density at radius 1 is 1.11 bits per heavy atom. The zero-order chi connectivity index (χ0) is 18.4. The van der Waals surface area contributed by atoms with E-state index in [-0.39, 0.29) is 17.8 Å². The van der Waals surface area contributed by atoms with Crippen molar-refractivity contribution in [1.82, 2.24) is 20.5 Å². The maximum absolute atomic E-state index is 13.7. The minimum atomic E-state index is -0.227. The Balaban J connectivity index is 1.45. The number of nitrogens with one attached hydrogen (secondary N) is 3. The Morgan fingerprint density at radius 3 is 2.89 bits per heavy atom. The molecule has 0 unspecified atom stereocenters. The average molecular weight is 366 g/mol. The third-order valence-corrected chi connectivity index (χ3v) is 6.00. The van der Waals surface area contributed by atoms with Crippen LogP contribution < -0.4 is 5.32 Å². The standard InChI is InChI=1S/C21H23FN4O/c22-12-9-10-16-15(11-12)13-6-4-8-18(19(13)23-16)24-21(27)20-14-5-2-1-3-7-17(14)25-26-20/h9-11,18,23H,1-8H2,(H,24,27)(H,25,26)/t18-/m0/s1. The molecule has 0 fully saturated rings. The lowest BCUT2D eigenvalue weighted by molar-refractivity contribution is 0.0926. The summed E-state index contributed by atoms with van der Waals surface area (Å²) in [6.45, 7) is 0. The van der Waals surface area contributed by atoms with Crippen molar-refractivity contribution >= 4 is 16.8 Å². The number of carbonyl (C=O) groups is 1. The molecule has 1 amide bonds. The molecule has 3 N–H and O–H groups in total. The molecule has 1 aromatic carbocycles. The molecule has 140 valence electrons. The molecule has 0 spiro atoms. The highest BCUT2D eigenvalue weighted by atomic mass is 19.1. The van der Waals surface area contributed by atoms with E-state index in [9.17, 15) is 9.18 Å². The van der Waals surface area contributed by atoms with Gasteiger partial charge in [0.25, 0.3) is 5.91 Å². The summed E-state index contributed by atoms with van der Waals surface area (Å²) in [4.78, 5) is 16.4. The molecule has 27 heavy (non-hydrogen) atoms. The third-order valence-electron chi connectivity index (χ3n) is 6.00. The van der Waals surface area contributed by atoms with Crippen molar-refractivity contribution in [3.8, 4) is 0 Å². The van der Waals surface area contributed by atoms with Gasteiger partial charge in [-0.25, -0.2) is 4.39 Å². The van der Waals surface area contributed by atoms with Gasteiger partial charge in [-0.05, 0) is 68.7 Å². The van der Waals surface area contributed by atoms with E-state index in [1.165, 1.54) is 12.5 Å². The quantitative estimate of drug-likeness (QED) is 0.597. The largest absolute Gasteiger partial charge is 0.356 e. The van der Waals surface area contributed by atoms with Crippen LogP contribution in [0.5, 0.6) is 0 Å². The van der Waals surface area contributed by atoms with Crippen LogP contribution in [0.25, 0.3) is 10.9 Å². The fourth-order valence-electron chi connectivity index (χ4n) is 4.65. The van der Waals surface area contributed by atoms with Gasteiger partial charge in [-0.3, -0.25) is 9.89 Å². The molecule has 0 bridgehead atoms. The number of amides is 1. The Bertz CT molecular complexity index is 1020. The van der Waals surface area contributed by atoms with Crippen LogP contribution in [-0.4, -0.2) is 21.1 Å². The highest BCUT2D eigenvalue weighted by Crippen LogP contribution is 2.35. The topological polar surface area (TPSA) is 73.6 Å². The van der Waals surface area contributed by atoms with E-state index in [1.807, 2.05) is 0 Å². The molecule has 0 saturated heterocycles. The summed E-state index contributed by atoms with van der Waals surface area (Å²) >= 11 is 0. The lowest BCUT2D eigenvalue weighted by Crippen LogP contribution is -2.32. The first-order valence-corrected chi connectivity index (χ1v) is 9.87. The van der Waals surface area contributed by atoms with Crippen molar-refractivity contribution in [3.63, 3.8) is 0 Å². The number of nitrogens with zero attached hydrogens (tertiary/aromatic N) is 1. The van der Waals surface area contributed by atoms with Gasteiger partial charge >= 0.3 is 0 Å². The van der Waals surface area contributed by atoms with Gasteiger partial charge in [0.05, 0.1) is 6.04 Å². The zero-order valence-corrected chi connectivity index (χ0v) is 15.2. The smallest absolute Gasteiger partial charge is 0.272 e. The predicted octanol–water partition coefficient (Wildman–Crippen LogP) is 4.11. The second-order valence-corrected chi connectivity index (χ2v) is 7.72. The number of benzene rings is 1. The molecule has 0 radical (unpaired) electrons. The molecule has 6 heteroatoms. The minimum absolute atomic E-state index is 0.0881. The maximum Gasteiger partial charge on any atom is 0.272 e. The van der Waals surface area contributed by atoms with Gasteiger partial charge in [-0.2, -0.15) is 5.10 Å². The Kier molecular flexibility index (Phi) is 3.99. The predicted molar refractivity (Wildman–Crippen MR) is 101 cm³/mol. The van der Waals surface area contributed by atoms with Crippen LogP contribution >= 0.6 is 0 Å². The summed E-state index contributed by atoms with van der Waals surface area (Å²) in [7, 11) is 0. The molecular formula is C21H23FN4O. The normalized spacial score (nSPS) is 19.4. The van der Waals surface area contributed by atoms with Crippen LogP contribution in [-0.2, 0) is 19.3 Å². The molecular weight excluding hydrogens is 343 g/mol. The third kappa shape index (κ3) is 2.83. The Hall–Kier alpha value is -2.63. The Labute approximate surface area is 156 Å². The summed E-state index contributed by atoms with van der Waals surface area (Å²) in [5.41, 5.74) is 5.80. The number of aromatic amines is 2. The highest BCUT2D eigenvalue weighted by Gasteiger charge is 2.28. The fourth-order valence-corrected chi connectivity index (χ4v) is 4.65. The SMILES string of the molecule is O=C(N[C@H]1CCCc2c1[nH]c1ccc(F)cc21)c1n[nH]c2c1CCCCC2. The van der Waals surface area contributed by atoms with Crippen molar-refractivity contribution in [2.45, 2.75) is 57.4 Å². The van der Waals surface area contributed by atoms with Crippen molar-refractivity contribution in [2.24, 2.45) is 0 Å². The number of carbonyl (C=O) groups excluding carboxylic acids is 1. The van der Waals surface area contributed by atoms with E-state index in [4.69, 9.17) is 0 Å². The second kappa shape index (κ2) is 6.51. The number of rotatable bonds is 2. The van der Waals surface area contributed by atoms with Crippen molar-refractivity contribution < 1.29 is 9.18 Å². The zero-order valence-electron chi connectivity index (χ0n) is 15.2. The number of hydrogen-bond donors (Lipinski definition) is 3. The maximum atomic E-state index is 13.7. The number of hydrogen-bond acceptors (Lipinski definition) is 2. The van der Waals surface area contributed by atoms with Gasteiger partial charge in [0.15, 0.2) is 5.69 Å². The van der Waals surface area contributed by atoms with Gasteiger partial charge in [0.2, 0.25) is 0 Å². The number of fused-ring (bicyclic) bond motifs is 4. The molecule has 2 aromatic heterocycles. The van der Waals surface area contributed by atoms with E-state index in [0.29, 0.717) is 5.69 Å². The summed E-state index contributed by atoms with van der Waals surface area (Å²) in [6.07, 6.45) is 8.08. The molecule has 5 nitrogen and oxygen atoms in total. The van der Waals surface area contributed by atoms with Gasteiger partial charge in [0, 0.05) is 27.9 Å². The van der Waals surface area contributed by atoms with E-state index >= 15 is 0 Å². The van der Waals surface area contributed by atoms with Crippen molar-refractivity contribution in [3.05, 3.63) is 52.2 Å². The highest BCUT2D eigenvalue weighted by molar-refractivity contribution is 5.94. The monoisotopic (exact) mass is 366 g/mol. The fraction of sp³-hybridized carbons (Fsp3) is 0.429. The molecule has 5 rings (SSSR count). The summed E-state index contributed by atoms with van der Waals surface area (Å²) in [5, 5.41) is 11.5. The van der Waals surface area contributed by atoms with Crippen LogP contribution in [0.4, 0.5) is 4.39 Å². The number of aromatic nitrogens is 3. The molecule has 1 atom stereocenters. The summed E-state index contributed by atoms with van der Waals surface area (Å²) in [5.74, 6) is -0.341. The molecule has 0 saturated carbocycles. The van der Waals surface area contributed by atoms with Gasteiger partial charge in [-0.15, -0.1) is 0 Å². The van der Waals surface area contributed by atoms with Crippen LogP contribution in [0, 0.1) is 5.82 Å². The van der Waals surface area contributed by atoms with Crippen molar-refractivity contribution in [1.29, 1.82) is 0 Å². The number of aryl methyl sites for hydroxylation is 2. The van der Waals surface area contributed by atoms with Gasteiger partial charge in [-0.1, -0.05) is 6.42 Å². The first-order valence-electron chi connectivity index (χ1n) is 9.87. The molecule has 2 aliphatic carbocycles. The Morgan fingerprint density at radius 2 is 1.96 bits per heavy atom. The van der Waals surface area contributed by atoms with Crippen LogP contribution in [0.15, 0.2) is 18.2 Å². The van der Waals surface area contributed by atoms with Crippen LogP contribution in [0.2, 0.25) is 0 Å².